The number of nitrogens with two attached hydrogens (primary N) is 2. The van der Waals surface area contributed by atoms with E-state index in [4.69, 9.17) is 34.8 Å². The van der Waals surface area contributed by atoms with Crippen LogP contribution >= 0.6 is 11.8 Å². The van der Waals surface area contributed by atoms with Crippen LogP contribution in [-0.2, 0) is 28.5 Å². The molecule has 1 atom stereocenters. The number of carbonyl (C=O) groups excluding carboxylic acids is 5. The fraction of sp³-hybridized carbons (Fsp3) is 0.517. The number of amides is 3. The summed E-state index contributed by atoms with van der Waals surface area (Å²) < 4.78 is 25.8. The van der Waals surface area contributed by atoms with Gasteiger partial charge in [0.1, 0.15) is 23.0 Å². The average Bonchev–Trinajstić information content (AvgIpc) is 3.42. The van der Waals surface area contributed by atoms with Crippen molar-refractivity contribution in [3.05, 3.63) is 24.3 Å². The number of carbonyl (C=O) groups is 5. The molecule has 5 N–H and O–H groups in total. The van der Waals surface area contributed by atoms with E-state index in [1.54, 1.807) is 41.5 Å². The Balaban J connectivity index is 2.03. The number of thioether (sulfide) groups is 1. The van der Waals surface area contributed by atoms with Crippen molar-refractivity contribution in [2.45, 2.75) is 83.8 Å². The molecular weight excluding hydrogens is 638 g/mol. The molecule has 17 nitrogen and oxygen atoms in total. The van der Waals surface area contributed by atoms with Crippen molar-refractivity contribution in [1.29, 1.82) is 0 Å². The lowest BCUT2D eigenvalue weighted by atomic mass is 10.2. The normalized spacial score (nSPS) is 12.5. The van der Waals surface area contributed by atoms with Crippen LogP contribution in [0.4, 0.5) is 20.1 Å². The molecule has 1 heterocycles. The molecule has 0 bridgehead atoms. The predicted molar refractivity (Wildman–Crippen MR) is 170 cm³/mol. The minimum atomic E-state index is -1.29. The van der Waals surface area contributed by atoms with Gasteiger partial charge in [0.05, 0.1) is 12.3 Å². The first kappa shape index (κ1) is 38.5. The number of benzene rings is 1. The SMILES string of the molecule is CCCCOC(=O)NCC(N)C(=O)OC(=O)CSc1nnc(-c2ccc(N(C(=O)OC(C)(C)C)C(N)=NC(=O)OC(C)(C)C)cc2)o1. The van der Waals surface area contributed by atoms with Crippen LogP contribution in [0.1, 0.15) is 61.3 Å². The first-order valence-corrected chi connectivity index (χ1v) is 15.4. The number of unbranched alkanes of at least 4 members (excludes halogenated alkanes) is 1. The number of rotatable bonds is 11. The third kappa shape index (κ3) is 14.1. The largest absolute Gasteiger partial charge is 0.450 e. The number of alkyl carbamates (subject to hydrolysis) is 1. The second kappa shape index (κ2) is 17.3. The third-order valence-corrected chi connectivity index (χ3v) is 6.00. The number of ether oxygens (including phenoxy) is 4. The highest BCUT2D eigenvalue weighted by Crippen LogP contribution is 2.26. The molecule has 0 saturated carbocycles. The van der Waals surface area contributed by atoms with Crippen molar-refractivity contribution < 1.29 is 47.3 Å². The molecule has 2 aromatic rings. The monoisotopic (exact) mass is 679 g/mol. The Morgan fingerprint density at radius 3 is 2.26 bits per heavy atom. The number of nitrogens with zero attached hydrogens (tertiary/aromatic N) is 4. The van der Waals surface area contributed by atoms with Gasteiger partial charge in [0, 0.05) is 12.1 Å². The Kier molecular flexibility index (Phi) is 14.1. The molecule has 3 amide bonds. The van der Waals surface area contributed by atoms with Gasteiger partial charge in [-0.3, -0.25) is 4.79 Å². The summed E-state index contributed by atoms with van der Waals surface area (Å²) in [6.45, 7) is 11.9. The van der Waals surface area contributed by atoms with Crippen LogP contribution in [0.25, 0.3) is 11.5 Å². The highest BCUT2D eigenvalue weighted by molar-refractivity contribution is 7.99. The minimum absolute atomic E-state index is 0.00150. The lowest BCUT2D eigenvalue weighted by Crippen LogP contribution is -2.45. The molecule has 258 valence electrons. The van der Waals surface area contributed by atoms with Gasteiger partial charge in [-0.15, -0.1) is 15.2 Å². The maximum atomic E-state index is 13.0. The molecule has 0 spiro atoms. The van der Waals surface area contributed by atoms with Gasteiger partial charge >= 0.3 is 30.2 Å². The summed E-state index contributed by atoms with van der Waals surface area (Å²) in [5.41, 5.74) is 10.6. The number of nitrogens with one attached hydrogen (secondary N) is 1. The molecule has 47 heavy (non-hydrogen) atoms. The van der Waals surface area contributed by atoms with E-state index < -0.39 is 53.4 Å². The van der Waals surface area contributed by atoms with E-state index in [-0.39, 0.29) is 35.7 Å². The minimum Gasteiger partial charge on any atom is -0.450 e. The van der Waals surface area contributed by atoms with Crippen LogP contribution in [0.3, 0.4) is 0 Å². The Bertz CT molecular complexity index is 1430. The third-order valence-electron chi connectivity index (χ3n) is 5.21. The second-order valence-electron chi connectivity index (χ2n) is 11.7. The average molecular weight is 680 g/mol. The van der Waals surface area contributed by atoms with Gasteiger partial charge in [0.25, 0.3) is 5.22 Å². The summed E-state index contributed by atoms with van der Waals surface area (Å²) in [6.07, 6.45) is -1.08. The highest BCUT2D eigenvalue weighted by atomic mass is 32.2. The Morgan fingerprint density at radius 1 is 1.02 bits per heavy atom. The van der Waals surface area contributed by atoms with E-state index in [1.807, 2.05) is 6.92 Å². The topological polar surface area (TPSA) is 241 Å². The quantitative estimate of drug-likeness (QED) is 0.0583. The van der Waals surface area contributed by atoms with Gasteiger partial charge in [-0.25, -0.2) is 24.1 Å². The van der Waals surface area contributed by atoms with Crippen molar-refractivity contribution in [3.63, 3.8) is 0 Å². The zero-order valence-corrected chi connectivity index (χ0v) is 28.2. The van der Waals surface area contributed by atoms with Crippen LogP contribution in [0.2, 0.25) is 0 Å². The number of aliphatic imine (C=N–C) groups is 1. The van der Waals surface area contributed by atoms with Gasteiger partial charge in [0.15, 0.2) is 0 Å². The van der Waals surface area contributed by atoms with Crippen molar-refractivity contribution in [2.75, 3.05) is 23.8 Å². The molecule has 0 aliphatic rings. The van der Waals surface area contributed by atoms with Gasteiger partial charge < -0.3 is 40.1 Å². The number of aromatic nitrogens is 2. The summed E-state index contributed by atoms with van der Waals surface area (Å²) in [5.74, 6) is -2.72. The second-order valence-corrected chi connectivity index (χ2v) is 12.7. The highest BCUT2D eigenvalue weighted by Gasteiger charge is 2.28. The maximum Gasteiger partial charge on any atom is 0.437 e. The molecule has 1 aromatic carbocycles. The fourth-order valence-electron chi connectivity index (χ4n) is 3.18. The molecule has 0 radical (unpaired) electrons. The Labute approximate surface area is 276 Å². The van der Waals surface area contributed by atoms with E-state index >= 15 is 0 Å². The lowest BCUT2D eigenvalue weighted by molar-refractivity contribution is -0.158. The number of hydrogen-bond donors (Lipinski definition) is 3. The molecular formula is C29H41N7O10S. The summed E-state index contributed by atoms with van der Waals surface area (Å²) in [5, 5.41) is 10.1. The molecule has 18 heteroatoms. The van der Waals surface area contributed by atoms with Crippen LogP contribution in [0.5, 0.6) is 0 Å². The van der Waals surface area contributed by atoms with Crippen molar-refractivity contribution in [3.8, 4) is 11.5 Å². The molecule has 2 rings (SSSR count). The first-order chi connectivity index (χ1) is 21.9. The Morgan fingerprint density at radius 2 is 1.66 bits per heavy atom. The molecule has 1 unspecified atom stereocenters. The predicted octanol–water partition coefficient (Wildman–Crippen LogP) is 3.74. The zero-order chi connectivity index (χ0) is 35.4. The van der Waals surface area contributed by atoms with Crippen LogP contribution in [0.15, 0.2) is 38.9 Å². The number of hydrogen-bond acceptors (Lipinski definition) is 14. The molecule has 0 aliphatic carbocycles. The summed E-state index contributed by atoms with van der Waals surface area (Å²) in [4.78, 5) is 65.6. The molecule has 0 saturated heterocycles. The summed E-state index contributed by atoms with van der Waals surface area (Å²) in [6, 6.07) is 4.76. The van der Waals surface area contributed by atoms with Crippen molar-refractivity contribution >= 4 is 53.6 Å². The summed E-state index contributed by atoms with van der Waals surface area (Å²) >= 11 is 0.815. The van der Waals surface area contributed by atoms with Crippen molar-refractivity contribution in [1.82, 2.24) is 15.5 Å². The smallest absolute Gasteiger partial charge is 0.437 e. The number of esters is 2. The van der Waals surface area contributed by atoms with Crippen LogP contribution in [0, 0.1) is 0 Å². The van der Waals surface area contributed by atoms with Gasteiger partial charge in [-0.1, -0.05) is 25.1 Å². The van der Waals surface area contributed by atoms with Crippen LogP contribution in [-0.4, -0.2) is 82.5 Å². The maximum absolute atomic E-state index is 13.0. The van der Waals surface area contributed by atoms with E-state index in [2.05, 4.69) is 20.5 Å². The fourth-order valence-corrected chi connectivity index (χ4v) is 3.72. The molecule has 0 aliphatic heterocycles. The first-order valence-electron chi connectivity index (χ1n) is 14.5. The van der Waals surface area contributed by atoms with E-state index in [9.17, 15) is 24.0 Å². The Hall–Kier alpha value is -4.71. The lowest BCUT2D eigenvalue weighted by Gasteiger charge is -2.26. The van der Waals surface area contributed by atoms with Gasteiger partial charge in [-0.2, -0.15) is 0 Å². The molecule has 0 fully saturated rings. The van der Waals surface area contributed by atoms with Gasteiger partial charge in [0.2, 0.25) is 11.9 Å². The number of guanidine groups is 1. The van der Waals surface area contributed by atoms with Gasteiger partial charge in [-0.05, 0) is 72.2 Å². The van der Waals surface area contributed by atoms with Crippen LogP contribution < -0.4 is 21.7 Å². The molecule has 1 aromatic heterocycles. The number of anilines is 1. The van der Waals surface area contributed by atoms with E-state index in [1.165, 1.54) is 24.3 Å². The van der Waals surface area contributed by atoms with E-state index in [0.29, 0.717) is 12.0 Å². The zero-order valence-electron chi connectivity index (χ0n) is 27.4. The van der Waals surface area contributed by atoms with E-state index in [0.717, 1.165) is 23.1 Å². The summed E-state index contributed by atoms with van der Waals surface area (Å²) in [7, 11) is 0. The standard InChI is InChI=1S/C29H41N7O10S/c1-8-9-14-42-24(39)32-15-19(30)22(38)43-20(37)16-47-26-35-34-21(44-26)17-10-12-18(13-11-17)36(27(41)46-29(5,6)7)23(31)33-25(40)45-28(2,3)4/h10-13,19H,8-9,14-16,30H2,1-7H3,(H,32,39)(H2,31,33,40). The van der Waals surface area contributed by atoms with Crippen molar-refractivity contribution in [2.24, 2.45) is 16.5 Å².